The summed E-state index contributed by atoms with van der Waals surface area (Å²) in [6.45, 7) is 0.284. The first-order valence-corrected chi connectivity index (χ1v) is 7.37. The molecule has 0 radical (unpaired) electrons. The van der Waals surface area contributed by atoms with Crippen LogP contribution in [0, 0.1) is 0 Å². The third-order valence-electron chi connectivity index (χ3n) is 3.77. The fourth-order valence-electron chi connectivity index (χ4n) is 2.61. The first kappa shape index (κ1) is 15.9. The Labute approximate surface area is 137 Å². The summed E-state index contributed by atoms with van der Waals surface area (Å²) in [4.78, 5) is 24.5. The van der Waals surface area contributed by atoms with Gasteiger partial charge in [-0.3, -0.25) is 14.3 Å². The maximum atomic E-state index is 12.7. The van der Waals surface area contributed by atoms with E-state index in [0.717, 1.165) is 5.69 Å². The average Bonchev–Trinajstić information content (AvgIpc) is 3.01. The minimum atomic E-state index is -0.397. The molecule has 24 heavy (non-hydrogen) atoms. The Kier molecular flexibility index (Phi) is 4.39. The summed E-state index contributed by atoms with van der Waals surface area (Å²) < 4.78 is 6.86. The summed E-state index contributed by atoms with van der Waals surface area (Å²) in [6, 6.07) is 8.27. The Morgan fingerprint density at radius 1 is 1.33 bits per heavy atom. The zero-order valence-corrected chi connectivity index (χ0v) is 13.3. The van der Waals surface area contributed by atoms with Crippen LogP contribution in [-0.4, -0.2) is 39.6 Å². The van der Waals surface area contributed by atoms with Crippen LogP contribution in [0.4, 0.5) is 0 Å². The summed E-state index contributed by atoms with van der Waals surface area (Å²) in [5.74, 6) is -0.397. The smallest absolute Gasteiger partial charge is 0.272 e. The zero-order chi connectivity index (χ0) is 17.1. The standard InChI is InChI=1S/C16H17N5O3/c1-21-13(7-8-17-21)12(9-24-2)18-16(23)14-10-5-3-4-6-11(10)15(22)20-19-14/h3-8,12H,9H2,1-2H3,(H,18,23)(H,20,22)/t12-/m0/s1. The highest BCUT2D eigenvalue weighted by molar-refractivity contribution is 6.04. The number of rotatable bonds is 5. The van der Waals surface area contributed by atoms with Crippen molar-refractivity contribution in [2.24, 2.45) is 7.05 Å². The molecular weight excluding hydrogens is 310 g/mol. The second-order valence-corrected chi connectivity index (χ2v) is 5.31. The average molecular weight is 327 g/mol. The molecular formula is C16H17N5O3. The molecule has 1 atom stereocenters. The lowest BCUT2D eigenvalue weighted by Crippen LogP contribution is -2.34. The first-order chi connectivity index (χ1) is 11.6. The summed E-state index contributed by atoms with van der Waals surface area (Å²) in [6.07, 6.45) is 1.65. The molecule has 3 aromatic rings. The van der Waals surface area contributed by atoms with Crippen molar-refractivity contribution in [3.05, 3.63) is 58.3 Å². The number of carbonyl (C=O) groups is 1. The second-order valence-electron chi connectivity index (χ2n) is 5.31. The highest BCUT2D eigenvalue weighted by Gasteiger charge is 2.21. The number of carbonyl (C=O) groups excluding carboxylic acids is 1. The number of aromatic amines is 1. The van der Waals surface area contributed by atoms with E-state index in [1.165, 1.54) is 0 Å². The van der Waals surface area contributed by atoms with Crippen molar-refractivity contribution >= 4 is 16.7 Å². The van der Waals surface area contributed by atoms with Crippen LogP contribution in [0.1, 0.15) is 22.2 Å². The third-order valence-corrected chi connectivity index (χ3v) is 3.77. The van der Waals surface area contributed by atoms with Crippen LogP contribution < -0.4 is 10.9 Å². The van der Waals surface area contributed by atoms with Gasteiger partial charge in [-0.05, 0) is 12.1 Å². The van der Waals surface area contributed by atoms with Crippen LogP contribution >= 0.6 is 0 Å². The monoisotopic (exact) mass is 327 g/mol. The van der Waals surface area contributed by atoms with Crippen LogP contribution in [0.5, 0.6) is 0 Å². The molecule has 2 N–H and O–H groups in total. The van der Waals surface area contributed by atoms with Gasteiger partial charge in [-0.1, -0.05) is 18.2 Å². The van der Waals surface area contributed by atoms with Crippen LogP contribution in [-0.2, 0) is 11.8 Å². The number of amides is 1. The molecule has 3 rings (SSSR count). The van der Waals surface area contributed by atoms with Gasteiger partial charge in [0.05, 0.1) is 23.7 Å². The Bertz CT molecular complexity index is 931. The Balaban J connectivity index is 1.96. The summed E-state index contributed by atoms with van der Waals surface area (Å²) in [5.41, 5.74) is 0.634. The first-order valence-electron chi connectivity index (χ1n) is 7.37. The normalized spacial score (nSPS) is 12.2. The molecule has 2 aromatic heterocycles. The van der Waals surface area contributed by atoms with E-state index >= 15 is 0 Å². The maximum Gasteiger partial charge on any atom is 0.272 e. The van der Waals surface area contributed by atoms with Gasteiger partial charge in [0.25, 0.3) is 11.5 Å². The van der Waals surface area contributed by atoms with E-state index in [2.05, 4.69) is 20.6 Å². The Morgan fingerprint density at radius 3 is 2.75 bits per heavy atom. The molecule has 0 aliphatic carbocycles. The lowest BCUT2D eigenvalue weighted by atomic mass is 10.1. The van der Waals surface area contributed by atoms with Crippen molar-refractivity contribution in [3.8, 4) is 0 Å². The number of nitrogens with zero attached hydrogens (tertiary/aromatic N) is 3. The van der Waals surface area contributed by atoms with E-state index in [1.807, 2.05) is 6.07 Å². The molecule has 0 aliphatic heterocycles. The molecule has 2 heterocycles. The highest BCUT2D eigenvalue weighted by Crippen LogP contribution is 2.16. The number of ether oxygens (including phenoxy) is 1. The van der Waals surface area contributed by atoms with Gasteiger partial charge >= 0.3 is 0 Å². The highest BCUT2D eigenvalue weighted by atomic mass is 16.5. The third kappa shape index (κ3) is 2.91. The van der Waals surface area contributed by atoms with Gasteiger partial charge in [0.2, 0.25) is 0 Å². The molecule has 124 valence electrons. The van der Waals surface area contributed by atoms with Gasteiger partial charge in [-0.15, -0.1) is 0 Å². The number of benzene rings is 1. The van der Waals surface area contributed by atoms with E-state index in [-0.39, 0.29) is 23.9 Å². The lowest BCUT2D eigenvalue weighted by Gasteiger charge is -2.18. The van der Waals surface area contributed by atoms with Crippen LogP contribution in [0.25, 0.3) is 10.8 Å². The molecule has 0 bridgehead atoms. The van der Waals surface area contributed by atoms with Gasteiger partial charge in [0, 0.05) is 25.7 Å². The fraction of sp³-hybridized carbons (Fsp3) is 0.250. The number of fused-ring (bicyclic) bond motifs is 1. The number of hydrogen-bond donors (Lipinski definition) is 2. The molecule has 0 saturated carbocycles. The van der Waals surface area contributed by atoms with Gasteiger partial charge in [0.1, 0.15) is 0 Å². The van der Waals surface area contributed by atoms with Gasteiger partial charge < -0.3 is 10.1 Å². The van der Waals surface area contributed by atoms with E-state index in [4.69, 9.17) is 4.74 Å². The summed E-state index contributed by atoms with van der Waals surface area (Å²) >= 11 is 0. The largest absolute Gasteiger partial charge is 0.382 e. The Hall–Kier alpha value is -3.00. The van der Waals surface area contributed by atoms with Crippen molar-refractivity contribution in [2.75, 3.05) is 13.7 Å². The maximum absolute atomic E-state index is 12.7. The van der Waals surface area contributed by atoms with Crippen molar-refractivity contribution in [1.82, 2.24) is 25.3 Å². The Morgan fingerprint density at radius 2 is 2.08 bits per heavy atom. The number of hydrogen-bond acceptors (Lipinski definition) is 5. The SMILES string of the molecule is COC[C@H](NC(=O)c1n[nH]c(=O)c2ccccc12)c1ccnn1C. The summed E-state index contributed by atoms with van der Waals surface area (Å²) in [7, 11) is 3.35. The molecule has 1 amide bonds. The molecule has 0 fully saturated rings. The predicted molar refractivity (Wildman–Crippen MR) is 87.7 cm³/mol. The van der Waals surface area contributed by atoms with Gasteiger partial charge in [-0.2, -0.15) is 10.2 Å². The molecule has 8 nitrogen and oxygen atoms in total. The fourth-order valence-corrected chi connectivity index (χ4v) is 2.61. The van der Waals surface area contributed by atoms with Crippen molar-refractivity contribution in [2.45, 2.75) is 6.04 Å². The van der Waals surface area contributed by atoms with Crippen molar-refractivity contribution < 1.29 is 9.53 Å². The van der Waals surface area contributed by atoms with E-state index < -0.39 is 5.91 Å². The molecule has 0 spiro atoms. The number of aryl methyl sites for hydroxylation is 1. The molecule has 0 aliphatic rings. The van der Waals surface area contributed by atoms with Crippen LogP contribution in [0.15, 0.2) is 41.3 Å². The van der Waals surface area contributed by atoms with E-state index in [9.17, 15) is 9.59 Å². The van der Waals surface area contributed by atoms with E-state index in [0.29, 0.717) is 10.8 Å². The van der Waals surface area contributed by atoms with Crippen LogP contribution in [0.3, 0.4) is 0 Å². The van der Waals surface area contributed by atoms with Crippen LogP contribution in [0.2, 0.25) is 0 Å². The van der Waals surface area contributed by atoms with Crippen molar-refractivity contribution in [1.29, 1.82) is 0 Å². The molecule has 8 heteroatoms. The quantitative estimate of drug-likeness (QED) is 0.721. The number of H-pyrrole nitrogens is 1. The second kappa shape index (κ2) is 6.63. The van der Waals surface area contributed by atoms with Gasteiger partial charge in [-0.25, -0.2) is 5.10 Å². The summed E-state index contributed by atoms with van der Waals surface area (Å²) in [5, 5.41) is 14.2. The lowest BCUT2D eigenvalue weighted by molar-refractivity contribution is 0.0888. The number of aromatic nitrogens is 4. The minimum absolute atomic E-state index is 0.161. The van der Waals surface area contributed by atoms with Crippen molar-refractivity contribution in [3.63, 3.8) is 0 Å². The number of methoxy groups -OCH3 is 1. The van der Waals surface area contributed by atoms with Gasteiger partial charge in [0.15, 0.2) is 5.69 Å². The predicted octanol–water partition coefficient (Wildman–Crippen LogP) is 0.774. The zero-order valence-electron chi connectivity index (χ0n) is 13.3. The number of nitrogens with one attached hydrogen (secondary N) is 2. The molecule has 0 unspecified atom stereocenters. The van der Waals surface area contributed by atoms with E-state index in [1.54, 1.807) is 49.3 Å². The topological polar surface area (TPSA) is 102 Å². The minimum Gasteiger partial charge on any atom is -0.382 e. The molecule has 0 saturated heterocycles. The molecule has 1 aromatic carbocycles.